The molecule has 0 aromatic carbocycles. The summed E-state index contributed by atoms with van der Waals surface area (Å²) >= 11 is 0. The number of likely N-dealkylation sites (N-methyl/N-ethyl adjacent to an activating group) is 1. The Bertz CT molecular complexity index is 368. The van der Waals surface area contributed by atoms with E-state index < -0.39 is 10.0 Å². The normalized spacial score (nSPS) is 19.3. The quantitative estimate of drug-likeness (QED) is 0.615. The molecule has 21 heavy (non-hydrogen) atoms. The lowest BCUT2D eigenvalue weighted by Crippen LogP contribution is -2.48. The third kappa shape index (κ3) is 8.73. The highest BCUT2D eigenvalue weighted by Crippen LogP contribution is 2.07. The highest BCUT2D eigenvalue weighted by molar-refractivity contribution is 7.89. The highest BCUT2D eigenvalue weighted by Gasteiger charge is 2.21. The van der Waals surface area contributed by atoms with Crippen molar-refractivity contribution in [3.05, 3.63) is 0 Å². The summed E-state index contributed by atoms with van der Waals surface area (Å²) in [5.41, 5.74) is 0. The lowest BCUT2D eigenvalue weighted by atomic mass is 10.0. The van der Waals surface area contributed by atoms with Gasteiger partial charge in [-0.3, -0.25) is 4.90 Å². The van der Waals surface area contributed by atoms with E-state index in [4.69, 9.17) is 0 Å². The van der Waals surface area contributed by atoms with Crippen LogP contribution in [0.1, 0.15) is 20.3 Å². The molecule has 0 amide bonds. The third-order valence-corrected chi connectivity index (χ3v) is 4.99. The minimum atomic E-state index is -3.21. The predicted molar refractivity (Wildman–Crippen MR) is 88.0 cm³/mol. The molecule has 6 nitrogen and oxygen atoms in total. The minimum absolute atomic E-state index is 0.00646. The summed E-state index contributed by atoms with van der Waals surface area (Å²) in [7, 11) is 0.739. The molecule has 1 aliphatic rings. The van der Waals surface area contributed by atoms with Crippen molar-refractivity contribution in [2.24, 2.45) is 5.92 Å². The topological polar surface area (TPSA) is 64.7 Å². The zero-order valence-corrected chi connectivity index (χ0v) is 14.7. The second-order valence-corrected chi connectivity index (χ2v) is 8.49. The van der Waals surface area contributed by atoms with E-state index in [2.05, 4.69) is 28.8 Å². The van der Waals surface area contributed by atoms with Crippen LogP contribution in [0.5, 0.6) is 0 Å². The maximum absolute atomic E-state index is 12.3. The Morgan fingerprint density at radius 3 is 2.38 bits per heavy atom. The van der Waals surface area contributed by atoms with E-state index in [0.29, 0.717) is 12.5 Å². The van der Waals surface area contributed by atoms with E-state index in [9.17, 15) is 8.42 Å². The predicted octanol–water partition coefficient (Wildman–Crippen LogP) is -0.213. The number of hydrogen-bond acceptors (Lipinski definition) is 5. The Balaban J connectivity index is 2.46. The van der Waals surface area contributed by atoms with Gasteiger partial charge in [0.25, 0.3) is 0 Å². The molecule has 1 rings (SSSR count). The largest absolute Gasteiger partial charge is 0.314 e. The van der Waals surface area contributed by atoms with Crippen LogP contribution < -0.4 is 10.0 Å². The smallest absolute Gasteiger partial charge is 0.213 e. The third-order valence-electron chi connectivity index (χ3n) is 3.57. The van der Waals surface area contributed by atoms with Crippen LogP contribution in [0.3, 0.4) is 0 Å². The molecule has 1 aliphatic heterocycles. The number of nitrogens with one attached hydrogen (secondary N) is 2. The van der Waals surface area contributed by atoms with Gasteiger partial charge in [-0.15, -0.1) is 0 Å². The van der Waals surface area contributed by atoms with Gasteiger partial charge >= 0.3 is 0 Å². The molecule has 0 spiro atoms. The second-order valence-electron chi connectivity index (χ2n) is 6.62. The van der Waals surface area contributed by atoms with E-state index in [0.717, 1.165) is 39.1 Å². The molecule has 0 aromatic heterocycles. The molecule has 1 unspecified atom stereocenters. The van der Waals surface area contributed by atoms with Gasteiger partial charge < -0.3 is 10.2 Å². The summed E-state index contributed by atoms with van der Waals surface area (Å²) in [4.78, 5) is 4.24. The van der Waals surface area contributed by atoms with Crippen molar-refractivity contribution in [3.63, 3.8) is 0 Å². The standard InChI is InChI=1S/C14H32N4O2S/c1-13(2)11-14(12-17(3)4)16-21(19,20)10-9-18-7-5-15-6-8-18/h13-16H,5-12H2,1-4H3. The van der Waals surface area contributed by atoms with Crippen LogP contribution in [0, 0.1) is 5.92 Å². The molecule has 0 aromatic rings. The van der Waals surface area contributed by atoms with Crippen molar-refractivity contribution < 1.29 is 8.42 Å². The van der Waals surface area contributed by atoms with Crippen molar-refractivity contribution in [2.75, 3.05) is 59.1 Å². The number of hydrogen-bond donors (Lipinski definition) is 2. The van der Waals surface area contributed by atoms with Gasteiger partial charge in [-0.1, -0.05) is 13.8 Å². The van der Waals surface area contributed by atoms with Crippen molar-refractivity contribution >= 4 is 10.0 Å². The van der Waals surface area contributed by atoms with Gasteiger partial charge in [0, 0.05) is 45.3 Å². The first kappa shape index (κ1) is 18.8. The molecule has 1 saturated heterocycles. The number of nitrogens with zero attached hydrogens (tertiary/aromatic N) is 2. The fourth-order valence-corrected chi connectivity index (χ4v) is 3.96. The summed E-state index contributed by atoms with van der Waals surface area (Å²) < 4.78 is 27.4. The summed E-state index contributed by atoms with van der Waals surface area (Å²) in [6.45, 7) is 9.37. The molecule has 1 heterocycles. The van der Waals surface area contributed by atoms with Gasteiger partial charge in [0.2, 0.25) is 10.0 Å². The molecule has 2 N–H and O–H groups in total. The first-order valence-electron chi connectivity index (χ1n) is 7.86. The van der Waals surface area contributed by atoms with Gasteiger partial charge in [0.1, 0.15) is 0 Å². The Morgan fingerprint density at radius 2 is 1.86 bits per heavy atom. The van der Waals surface area contributed by atoms with Crippen LogP contribution in [0.4, 0.5) is 0 Å². The Kier molecular flexibility index (Phi) is 8.12. The van der Waals surface area contributed by atoms with Crippen molar-refractivity contribution in [1.82, 2.24) is 19.8 Å². The van der Waals surface area contributed by atoms with E-state index in [-0.39, 0.29) is 11.8 Å². The molecule has 7 heteroatoms. The lowest BCUT2D eigenvalue weighted by molar-refractivity contribution is 0.253. The zero-order chi connectivity index (χ0) is 15.9. The number of piperazine rings is 1. The van der Waals surface area contributed by atoms with Crippen LogP contribution in [-0.4, -0.2) is 83.4 Å². The van der Waals surface area contributed by atoms with E-state index in [1.165, 1.54) is 0 Å². The van der Waals surface area contributed by atoms with Gasteiger partial charge in [-0.05, 0) is 26.4 Å². The van der Waals surface area contributed by atoms with Gasteiger partial charge in [0.15, 0.2) is 0 Å². The SMILES string of the molecule is CC(C)CC(CN(C)C)NS(=O)(=O)CCN1CCNCC1. The van der Waals surface area contributed by atoms with E-state index >= 15 is 0 Å². The van der Waals surface area contributed by atoms with Crippen molar-refractivity contribution in [2.45, 2.75) is 26.3 Å². The Labute approximate surface area is 130 Å². The molecular weight excluding hydrogens is 288 g/mol. The summed E-state index contributed by atoms with van der Waals surface area (Å²) in [5.74, 6) is 0.667. The molecule has 1 fully saturated rings. The Hall–Kier alpha value is -0.210. The van der Waals surface area contributed by atoms with Crippen LogP contribution in [0.25, 0.3) is 0 Å². The molecule has 1 atom stereocenters. The first-order chi connectivity index (χ1) is 9.78. The maximum Gasteiger partial charge on any atom is 0.213 e. The van der Waals surface area contributed by atoms with E-state index in [1.54, 1.807) is 0 Å². The molecule has 0 saturated carbocycles. The van der Waals surface area contributed by atoms with Gasteiger partial charge in [-0.2, -0.15) is 0 Å². The number of rotatable bonds is 9. The minimum Gasteiger partial charge on any atom is -0.314 e. The fourth-order valence-electron chi connectivity index (χ4n) is 2.67. The van der Waals surface area contributed by atoms with Crippen molar-refractivity contribution in [3.8, 4) is 0 Å². The van der Waals surface area contributed by atoms with Crippen LogP contribution in [0.2, 0.25) is 0 Å². The monoisotopic (exact) mass is 320 g/mol. The van der Waals surface area contributed by atoms with E-state index in [1.807, 2.05) is 19.0 Å². The van der Waals surface area contributed by atoms with Crippen LogP contribution in [0.15, 0.2) is 0 Å². The molecule has 0 bridgehead atoms. The van der Waals surface area contributed by atoms with Crippen molar-refractivity contribution in [1.29, 1.82) is 0 Å². The fraction of sp³-hybridized carbons (Fsp3) is 1.00. The van der Waals surface area contributed by atoms with Gasteiger partial charge in [0.05, 0.1) is 5.75 Å². The average Bonchev–Trinajstić information content (AvgIpc) is 2.35. The molecule has 126 valence electrons. The summed E-state index contributed by atoms with van der Waals surface area (Å²) in [5, 5.41) is 3.28. The Morgan fingerprint density at radius 1 is 1.24 bits per heavy atom. The zero-order valence-electron chi connectivity index (χ0n) is 13.9. The van der Waals surface area contributed by atoms with Gasteiger partial charge in [-0.25, -0.2) is 13.1 Å². The molecule has 0 radical (unpaired) electrons. The molecular formula is C14H32N4O2S. The summed E-state index contributed by atoms with van der Waals surface area (Å²) in [6, 6.07) is -0.00646. The number of sulfonamides is 1. The highest BCUT2D eigenvalue weighted by atomic mass is 32.2. The van der Waals surface area contributed by atoms with Crippen LogP contribution >= 0.6 is 0 Å². The molecule has 0 aliphatic carbocycles. The van der Waals surface area contributed by atoms with Crippen LogP contribution in [-0.2, 0) is 10.0 Å². The average molecular weight is 321 g/mol. The second kappa shape index (κ2) is 9.05. The first-order valence-corrected chi connectivity index (χ1v) is 9.51. The lowest BCUT2D eigenvalue weighted by Gasteiger charge is -2.28. The summed E-state index contributed by atoms with van der Waals surface area (Å²) in [6.07, 6.45) is 0.866. The maximum atomic E-state index is 12.3.